The molecule has 0 bridgehead atoms. The van der Waals surface area contributed by atoms with E-state index in [4.69, 9.17) is 16.7 Å². The molecule has 1 unspecified atom stereocenters. The third kappa shape index (κ3) is 2.15. The highest BCUT2D eigenvalue weighted by Crippen LogP contribution is 2.27. The minimum atomic E-state index is -0.408. The van der Waals surface area contributed by atoms with Gasteiger partial charge in [0.05, 0.1) is 11.0 Å². The summed E-state index contributed by atoms with van der Waals surface area (Å²) in [6, 6.07) is 0. The summed E-state index contributed by atoms with van der Waals surface area (Å²) in [5, 5.41) is 9.14. The number of hydrogen-bond donors (Lipinski definition) is 1. The van der Waals surface area contributed by atoms with Gasteiger partial charge < -0.3 is 5.11 Å². The fourth-order valence-corrected chi connectivity index (χ4v) is 0.841. The van der Waals surface area contributed by atoms with Crippen LogP contribution < -0.4 is 0 Å². The van der Waals surface area contributed by atoms with E-state index >= 15 is 0 Å². The van der Waals surface area contributed by atoms with Crippen LogP contribution in [0.5, 0.6) is 0 Å². The van der Waals surface area contributed by atoms with Crippen molar-refractivity contribution in [2.45, 2.75) is 44.6 Å². The molecular weight excluding hydrogens is 136 g/mol. The van der Waals surface area contributed by atoms with Crippen LogP contribution in [-0.2, 0) is 0 Å². The van der Waals surface area contributed by atoms with E-state index in [9.17, 15) is 0 Å². The van der Waals surface area contributed by atoms with Crippen molar-refractivity contribution in [2.75, 3.05) is 0 Å². The summed E-state index contributed by atoms with van der Waals surface area (Å²) < 4.78 is 0. The van der Waals surface area contributed by atoms with Crippen molar-refractivity contribution in [1.29, 1.82) is 0 Å². The topological polar surface area (TPSA) is 20.2 Å². The second kappa shape index (κ2) is 3.43. The summed E-state index contributed by atoms with van der Waals surface area (Å²) in [5.41, 5.74) is 0. The number of aliphatic hydroxyl groups excluding tert-OH is 1. The van der Waals surface area contributed by atoms with Crippen molar-refractivity contribution < 1.29 is 5.11 Å². The maximum absolute atomic E-state index is 9.14. The van der Waals surface area contributed by atoms with Gasteiger partial charge in [0.2, 0.25) is 0 Å². The second-order valence-corrected chi connectivity index (χ2v) is 3.17. The molecule has 0 aliphatic rings. The molecule has 1 atom stereocenters. The largest absolute Gasteiger partial charge is 0.392 e. The van der Waals surface area contributed by atoms with Gasteiger partial charge in [0, 0.05) is 0 Å². The van der Waals surface area contributed by atoms with Crippen LogP contribution >= 0.6 is 11.6 Å². The van der Waals surface area contributed by atoms with Crippen molar-refractivity contribution in [1.82, 2.24) is 0 Å². The zero-order chi connectivity index (χ0) is 7.49. The van der Waals surface area contributed by atoms with E-state index in [1.807, 2.05) is 13.8 Å². The first kappa shape index (κ1) is 9.25. The van der Waals surface area contributed by atoms with Gasteiger partial charge >= 0.3 is 0 Å². The van der Waals surface area contributed by atoms with Crippen LogP contribution in [0.3, 0.4) is 0 Å². The average Bonchev–Trinajstić information content (AvgIpc) is 1.86. The smallest absolute Gasteiger partial charge is 0.0703 e. The van der Waals surface area contributed by atoms with Crippen LogP contribution in [0.15, 0.2) is 0 Å². The van der Waals surface area contributed by atoms with E-state index < -0.39 is 6.10 Å². The van der Waals surface area contributed by atoms with Gasteiger partial charge in [0.1, 0.15) is 0 Å². The summed E-state index contributed by atoms with van der Waals surface area (Å²) in [6.07, 6.45) is 1.24. The number of rotatable bonds is 3. The van der Waals surface area contributed by atoms with Crippen molar-refractivity contribution in [3.05, 3.63) is 0 Å². The molecule has 0 fully saturated rings. The van der Waals surface area contributed by atoms with E-state index in [0.29, 0.717) is 0 Å². The molecule has 0 heterocycles. The highest BCUT2D eigenvalue weighted by Gasteiger charge is 2.28. The minimum absolute atomic E-state index is 0.389. The van der Waals surface area contributed by atoms with Crippen LogP contribution in [0.4, 0.5) is 0 Å². The molecule has 1 N–H and O–H groups in total. The van der Waals surface area contributed by atoms with Crippen LogP contribution in [0, 0.1) is 0 Å². The SMILES string of the molecule is CCC(Cl)(CC)C(C)O. The lowest BCUT2D eigenvalue weighted by molar-refractivity contribution is 0.137. The Hall–Kier alpha value is 0.250. The second-order valence-electron chi connectivity index (χ2n) is 2.42. The van der Waals surface area contributed by atoms with Crippen molar-refractivity contribution in [3.8, 4) is 0 Å². The van der Waals surface area contributed by atoms with E-state index in [2.05, 4.69) is 0 Å². The Balaban J connectivity index is 3.92. The predicted molar refractivity (Wildman–Crippen MR) is 40.8 cm³/mol. The molecule has 0 saturated heterocycles. The number of alkyl halides is 1. The molecule has 2 heteroatoms. The van der Waals surface area contributed by atoms with Gasteiger partial charge in [-0.15, -0.1) is 11.6 Å². The third-order valence-electron chi connectivity index (χ3n) is 1.92. The average molecular weight is 151 g/mol. The number of aliphatic hydroxyl groups is 1. The molecule has 0 aliphatic heterocycles. The first-order valence-corrected chi connectivity index (χ1v) is 3.81. The van der Waals surface area contributed by atoms with Gasteiger partial charge in [-0.1, -0.05) is 13.8 Å². The predicted octanol–water partition coefficient (Wildman–Crippen LogP) is 2.16. The van der Waals surface area contributed by atoms with E-state index in [1.165, 1.54) is 0 Å². The molecule has 0 rings (SSSR count). The number of hydrogen-bond acceptors (Lipinski definition) is 1. The van der Waals surface area contributed by atoms with Gasteiger partial charge in [-0.25, -0.2) is 0 Å². The van der Waals surface area contributed by atoms with Crippen LogP contribution in [-0.4, -0.2) is 16.1 Å². The maximum atomic E-state index is 9.14. The lowest BCUT2D eigenvalue weighted by atomic mass is 9.97. The van der Waals surface area contributed by atoms with Crippen molar-refractivity contribution in [3.63, 3.8) is 0 Å². The maximum Gasteiger partial charge on any atom is 0.0703 e. The Morgan fingerprint density at radius 1 is 1.44 bits per heavy atom. The molecule has 0 spiro atoms. The Morgan fingerprint density at radius 2 is 1.78 bits per heavy atom. The zero-order valence-electron chi connectivity index (χ0n) is 6.32. The minimum Gasteiger partial charge on any atom is -0.392 e. The van der Waals surface area contributed by atoms with Crippen LogP contribution in [0.1, 0.15) is 33.6 Å². The van der Waals surface area contributed by atoms with Crippen molar-refractivity contribution in [2.24, 2.45) is 0 Å². The molecule has 9 heavy (non-hydrogen) atoms. The fraction of sp³-hybridized carbons (Fsp3) is 1.00. The van der Waals surface area contributed by atoms with E-state index in [-0.39, 0.29) is 4.87 Å². The number of halogens is 1. The summed E-state index contributed by atoms with van der Waals surface area (Å²) in [6.45, 7) is 5.71. The van der Waals surface area contributed by atoms with Gasteiger partial charge in [-0.3, -0.25) is 0 Å². The highest BCUT2D eigenvalue weighted by molar-refractivity contribution is 6.24. The normalized spacial score (nSPS) is 15.7. The summed E-state index contributed by atoms with van der Waals surface area (Å²) in [5.74, 6) is 0. The van der Waals surface area contributed by atoms with Crippen LogP contribution in [0.2, 0.25) is 0 Å². The molecule has 0 aliphatic carbocycles. The lowest BCUT2D eigenvalue weighted by Crippen LogP contribution is -2.32. The Kier molecular flexibility index (Phi) is 3.52. The molecular formula is C7H15ClO. The summed E-state index contributed by atoms with van der Waals surface area (Å²) >= 11 is 5.99. The Bertz CT molecular complexity index is 77.0. The van der Waals surface area contributed by atoms with Gasteiger partial charge in [0.15, 0.2) is 0 Å². The molecule has 0 aromatic heterocycles. The quantitative estimate of drug-likeness (QED) is 0.612. The van der Waals surface area contributed by atoms with Crippen LogP contribution in [0.25, 0.3) is 0 Å². The molecule has 0 aromatic rings. The molecule has 1 nitrogen and oxygen atoms in total. The lowest BCUT2D eigenvalue weighted by Gasteiger charge is -2.26. The van der Waals surface area contributed by atoms with E-state index in [0.717, 1.165) is 12.8 Å². The summed E-state index contributed by atoms with van der Waals surface area (Å²) in [7, 11) is 0. The third-order valence-corrected chi connectivity index (χ3v) is 2.77. The van der Waals surface area contributed by atoms with Crippen molar-refractivity contribution >= 4 is 11.6 Å². The van der Waals surface area contributed by atoms with E-state index in [1.54, 1.807) is 6.92 Å². The zero-order valence-corrected chi connectivity index (χ0v) is 7.07. The standard InChI is InChI=1S/C7H15ClO/c1-4-7(8,5-2)6(3)9/h6,9H,4-5H2,1-3H3. The highest BCUT2D eigenvalue weighted by atomic mass is 35.5. The summed E-state index contributed by atoms with van der Waals surface area (Å²) in [4.78, 5) is -0.389. The van der Waals surface area contributed by atoms with Gasteiger partial charge in [-0.2, -0.15) is 0 Å². The first-order valence-electron chi connectivity index (χ1n) is 3.43. The van der Waals surface area contributed by atoms with Gasteiger partial charge in [-0.05, 0) is 19.8 Å². The van der Waals surface area contributed by atoms with Gasteiger partial charge in [0.25, 0.3) is 0 Å². The first-order chi connectivity index (χ1) is 4.06. The Labute approximate surface area is 62.0 Å². The Morgan fingerprint density at radius 3 is 1.78 bits per heavy atom. The molecule has 56 valence electrons. The monoisotopic (exact) mass is 150 g/mol. The molecule has 0 aromatic carbocycles. The molecule has 0 saturated carbocycles. The fourth-order valence-electron chi connectivity index (χ4n) is 0.841. The molecule has 0 radical (unpaired) electrons. The molecule has 0 amide bonds.